The number of hydrogen-bond donors (Lipinski definition) is 0. The Kier molecular flexibility index (Phi) is 1.24. The highest BCUT2D eigenvalue weighted by Gasteiger charge is 2.77. The van der Waals surface area contributed by atoms with Crippen molar-refractivity contribution in [1.29, 1.82) is 0 Å². The van der Waals surface area contributed by atoms with Crippen LogP contribution in [0.3, 0.4) is 0 Å². The average Bonchev–Trinajstić information content (AvgIpc) is 2.22. The summed E-state index contributed by atoms with van der Waals surface area (Å²) in [4.78, 5) is 0. The molecule has 2 aliphatic carbocycles. The zero-order chi connectivity index (χ0) is 8.28. The summed E-state index contributed by atoms with van der Waals surface area (Å²) in [5.41, 5.74) is 0.319. The molecule has 54 valence electrons. The molecular formula is C9H10Si2. The van der Waals surface area contributed by atoms with Crippen LogP contribution in [-0.4, -0.2) is 20.5 Å². The van der Waals surface area contributed by atoms with Crippen LogP contribution in [-0.2, 0) is 0 Å². The van der Waals surface area contributed by atoms with E-state index in [-0.39, 0.29) is 4.66 Å². The molecule has 0 N–H and O–H groups in total. The van der Waals surface area contributed by atoms with E-state index < -0.39 is 0 Å². The number of rotatable bonds is 2. The highest BCUT2D eigenvalue weighted by Crippen LogP contribution is 2.85. The van der Waals surface area contributed by atoms with Crippen LogP contribution in [0, 0.1) is 17.3 Å². The van der Waals surface area contributed by atoms with E-state index in [4.69, 9.17) is 0 Å². The maximum absolute atomic E-state index is 3.86. The minimum absolute atomic E-state index is 0.119. The second kappa shape index (κ2) is 1.80. The fourth-order valence-corrected chi connectivity index (χ4v) is 4.04. The van der Waals surface area contributed by atoms with Gasteiger partial charge in [-0.25, -0.2) is 0 Å². The summed E-state index contributed by atoms with van der Waals surface area (Å²) < 4.78 is 0.119. The van der Waals surface area contributed by atoms with Gasteiger partial charge >= 0.3 is 0 Å². The maximum atomic E-state index is 3.86. The Hall–Kier alpha value is -0.0862. The Balaban J connectivity index is 2.24. The summed E-state index contributed by atoms with van der Waals surface area (Å²) in [6.45, 7) is 7.68. The maximum Gasteiger partial charge on any atom is 0.0278 e. The molecule has 2 aliphatic rings. The van der Waals surface area contributed by atoms with Gasteiger partial charge in [-0.3, -0.25) is 0 Å². The normalized spacial score (nSPS) is 50.4. The molecule has 11 heavy (non-hydrogen) atoms. The van der Waals surface area contributed by atoms with Gasteiger partial charge in [-0.15, -0.1) is 13.2 Å². The Bertz CT molecular complexity index is 232. The van der Waals surface area contributed by atoms with Crippen molar-refractivity contribution in [3.63, 3.8) is 0 Å². The van der Waals surface area contributed by atoms with Crippen LogP contribution in [0.2, 0.25) is 4.66 Å². The van der Waals surface area contributed by atoms with Crippen molar-refractivity contribution < 1.29 is 0 Å². The number of allylic oxidation sites excluding steroid dienone is 2. The van der Waals surface area contributed by atoms with Crippen LogP contribution in [0.5, 0.6) is 0 Å². The Morgan fingerprint density at radius 3 is 2.27 bits per heavy atom. The zero-order valence-corrected chi connectivity index (χ0v) is 8.43. The molecule has 2 rings (SSSR count). The van der Waals surface area contributed by atoms with E-state index in [9.17, 15) is 0 Å². The first-order chi connectivity index (χ1) is 5.10. The Morgan fingerprint density at radius 1 is 1.36 bits per heavy atom. The van der Waals surface area contributed by atoms with Crippen molar-refractivity contribution in [3.05, 3.63) is 25.3 Å². The van der Waals surface area contributed by atoms with Crippen molar-refractivity contribution >= 4 is 20.5 Å². The van der Waals surface area contributed by atoms with Gasteiger partial charge in [-0.2, -0.15) is 0 Å². The van der Waals surface area contributed by atoms with Crippen LogP contribution in [0.15, 0.2) is 25.3 Å². The minimum Gasteiger partial charge on any atom is -0.103 e. The molecule has 0 amide bonds. The fourth-order valence-electron chi connectivity index (χ4n) is 2.52. The molecule has 6 radical (unpaired) electrons. The van der Waals surface area contributed by atoms with Gasteiger partial charge in [0.15, 0.2) is 0 Å². The van der Waals surface area contributed by atoms with E-state index in [1.807, 2.05) is 0 Å². The summed E-state index contributed by atoms with van der Waals surface area (Å²) in [7, 11) is 7.45. The predicted octanol–water partition coefficient (Wildman–Crippen LogP) is 1.45. The van der Waals surface area contributed by atoms with E-state index in [0.717, 1.165) is 0 Å². The number of hydrogen-bond acceptors (Lipinski definition) is 0. The molecule has 0 aromatic heterocycles. The van der Waals surface area contributed by atoms with E-state index in [1.165, 1.54) is 6.42 Å². The van der Waals surface area contributed by atoms with Gasteiger partial charge in [0, 0.05) is 20.5 Å². The van der Waals surface area contributed by atoms with Crippen molar-refractivity contribution in [3.8, 4) is 0 Å². The van der Waals surface area contributed by atoms with Crippen LogP contribution in [0.1, 0.15) is 6.42 Å². The lowest BCUT2D eigenvalue weighted by Crippen LogP contribution is -2.22. The van der Waals surface area contributed by atoms with E-state index in [0.29, 0.717) is 17.3 Å². The third-order valence-electron chi connectivity index (χ3n) is 3.34. The lowest BCUT2D eigenvalue weighted by atomic mass is 9.75. The van der Waals surface area contributed by atoms with Gasteiger partial charge < -0.3 is 0 Å². The summed E-state index contributed by atoms with van der Waals surface area (Å²) in [5, 5.41) is 0. The molecule has 0 aromatic carbocycles. The van der Waals surface area contributed by atoms with Crippen molar-refractivity contribution in [2.75, 3.05) is 0 Å². The van der Waals surface area contributed by atoms with Gasteiger partial charge in [0.05, 0.1) is 0 Å². The van der Waals surface area contributed by atoms with Crippen LogP contribution in [0.4, 0.5) is 0 Å². The molecule has 2 saturated carbocycles. The SMILES string of the molecule is C=CC1CC2(C=C)C1C2([Si])[Si]. The standard InChI is InChI=1S/C9H10Si2/c1-3-6-5-8(4-2)7(6)9(8,10)11/h3-4,6-7H,1-2,5H2. The Labute approximate surface area is 74.6 Å². The highest BCUT2D eigenvalue weighted by molar-refractivity contribution is 6.44. The molecule has 0 aromatic rings. The van der Waals surface area contributed by atoms with Gasteiger partial charge in [-0.1, -0.05) is 12.2 Å². The van der Waals surface area contributed by atoms with Gasteiger partial charge in [0.1, 0.15) is 0 Å². The van der Waals surface area contributed by atoms with Crippen molar-refractivity contribution in [1.82, 2.24) is 0 Å². The first-order valence-electron chi connectivity index (χ1n) is 3.86. The second-order valence-electron chi connectivity index (χ2n) is 3.63. The molecule has 2 heteroatoms. The average molecular weight is 174 g/mol. The molecule has 3 atom stereocenters. The van der Waals surface area contributed by atoms with E-state index in [2.05, 4.69) is 45.8 Å². The molecule has 0 bridgehead atoms. The monoisotopic (exact) mass is 174 g/mol. The topological polar surface area (TPSA) is 0 Å². The van der Waals surface area contributed by atoms with Gasteiger partial charge in [-0.05, 0) is 28.3 Å². The van der Waals surface area contributed by atoms with Gasteiger partial charge in [0.2, 0.25) is 0 Å². The second-order valence-corrected chi connectivity index (χ2v) is 5.71. The first kappa shape index (κ1) is 7.56. The molecule has 0 nitrogen and oxygen atoms in total. The molecule has 3 unspecified atom stereocenters. The first-order valence-corrected chi connectivity index (χ1v) is 4.86. The van der Waals surface area contributed by atoms with Crippen molar-refractivity contribution in [2.24, 2.45) is 17.3 Å². The van der Waals surface area contributed by atoms with E-state index in [1.54, 1.807) is 0 Å². The lowest BCUT2D eigenvalue weighted by molar-refractivity contribution is 0.280. The summed E-state index contributed by atoms with van der Waals surface area (Å²) in [5.74, 6) is 1.35. The third kappa shape index (κ3) is 0.573. The fraction of sp³-hybridized carbons (Fsp3) is 0.556. The largest absolute Gasteiger partial charge is 0.103 e. The van der Waals surface area contributed by atoms with Crippen LogP contribution < -0.4 is 0 Å². The van der Waals surface area contributed by atoms with Crippen LogP contribution in [0.25, 0.3) is 0 Å². The molecule has 2 fully saturated rings. The quantitative estimate of drug-likeness (QED) is 0.439. The molecular weight excluding hydrogens is 164 g/mol. The van der Waals surface area contributed by atoms with Crippen molar-refractivity contribution in [2.45, 2.75) is 11.1 Å². The smallest absolute Gasteiger partial charge is 0.0278 e. The van der Waals surface area contributed by atoms with E-state index >= 15 is 0 Å². The lowest BCUT2D eigenvalue weighted by Gasteiger charge is -2.29. The summed E-state index contributed by atoms with van der Waals surface area (Å²) in [6, 6.07) is 0. The molecule has 0 heterocycles. The van der Waals surface area contributed by atoms with Gasteiger partial charge in [0.25, 0.3) is 0 Å². The molecule has 0 spiro atoms. The zero-order valence-electron chi connectivity index (χ0n) is 6.43. The third-order valence-corrected chi connectivity index (χ3v) is 4.89. The van der Waals surface area contributed by atoms with Crippen LogP contribution >= 0.6 is 0 Å². The number of fused-ring (bicyclic) bond motifs is 1. The summed E-state index contributed by atoms with van der Waals surface area (Å²) in [6.07, 6.45) is 5.31. The summed E-state index contributed by atoms with van der Waals surface area (Å²) >= 11 is 0. The predicted molar refractivity (Wildman–Crippen MR) is 48.6 cm³/mol. The Morgan fingerprint density at radius 2 is 2.00 bits per heavy atom. The minimum atomic E-state index is 0.119. The molecule has 0 aliphatic heterocycles. The highest BCUT2D eigenvalue weighted by atomic mass is 28.2. The molecule has 0 saturated heterocycles.